The van der Waals surface area contributed by atoms with Crippen LogP contribution in [0.1, 0.15) is 19.8 Å². The first-order valence-electron chi connectivity index (χ1n) is 16.8. The fourth-order valence-corrected chi connectivity index (χ4v) is 6.61. The van der Waals surface area contributed by atoms with Gasteiger partial charge in [-0.15, -0.1) is 0 Å². The normalized spacial score (nSPS) is 14.8. The molecular formula is C46H40N2. The Hall–Kier alpha value is -5.86. The molecule has 0 aliphatic heterocycles. The van der Waals surface area contributed by atoms with Crippen LogP contribution in [0.3, 0.4) is 0 Å². The third-order valence-corrected chi connectivity index (χ3v) is 9.07. The molecule has 1 atom stereocenters. The zero-order valence-electron chi connectivity index (χ0n) is 27.4. The number of nitrogens with zero attached hydrogens (tertiary/aromatic N) is 2. The van der Waals surface area contributed by atoms with E-state index in [4.69, 9.17) is 0 Å². The first kappa shape index (κ1) is 30.8. The molecular weight excluding hydrogens is 581 g/mol. The Morgan fingerprint density at radius 1 is 0.625 bits per heavy atom. The zero-order chi connectivity index (χ0) is 32.7. The predicted octanol–water partition coefficient (Wildman–Crippen LogP) is 12.9. The molecule has 6 aromatic rings. The maximum Gasteiger partial charge on any atom is 0.0528 e. The molecule has 0 fully saturated rings. The second-order valence-corrected chi connectivity index (χ2v) is 12.1. The SMILES string of the molecule is C=C/C(=C\C=C/C)N(c1ccc(-c2ccc(N(c3ccc4ccccc4c3)C3C=CC=CCC3)cc2)cc1)c1ccc2ccccc2c1. The largest absolute Gasteiger partial charge is 0.334 e. The quantitative estimate of drug-likeness (QED) is 0.148. The average Bonchev–Trinajstić information content (AvgIpc) is 3.43. The summed E-state index contributed by atoms with van der Waals surface area (Å²) in [6.45, 7) is 6.19. The van der Waals surface area contributed by atoms with Crippen LogP contribution >= 0.6 is 0 Å². The lowest BCUT2D eigenvalue weighted by Gasteiger charge is -2.32. The highest BCUT2D eigenvalue weighted by Crippen LogP contribution is 2.37. The molecule has 6 aromatic carbocycles. The third-order valence-electron chi connectivity index (χ3n) is 9.07. The first-order valence-corrected chi connectivity index (χ1v) is 16.8. The Balaban J connectivity index is 1.21. The van der Waals surface area contributed by atoms with E-state index in [1.807, 2.05) is 19.1 Å². The number of hydrogen-bond acceptors (Lipinski definition) is 2. The van der Waals surface area contributed by atoms with Crippen LogP contribution in [-0.2, 0) is 0 Å². The van der Waals surface area contributed by atoms with E-state index in [0.29, 0.717) is 0 Å². The van der Waals surface area contributed by atoms with E-state index in [0.717, 1.165) is 29.9 Å². The minimum Gasteiger partial charge on any atom is -0.334 e. The van der Waals surface area contributed by atoms with Crippen molar-refractivity contribution in [1.29, 1.82) is 0 Å². The summed E-state index contributed by atoms with van der Waals surface area (Å²) >= 11 is 0. The first-order chi connectivity index (χ1) is 23.7. The standard InChI is InChI=1S/C46H40N2/c1-3-5-18-41(4-2)47(45-31-25-35-14-10-12-16-39(35)33-45)43-27-21-37(22-28-43)38-23-29-44(30-24-38)48(42-19-8-6-7-9-20-42)46-32-26-36-15-11-13-17-40(36)34-46/h3-8,10-19,21-34,42H,2,9,20H2,1H3/b5-3-,41-18+. The molecule has 2 heteroatoms. The summed E-state index contributed by atoms with van der Waals surface area (Å²) in [4.78, 5) is 4.75. The summed E-state index contributed by atoms with van der Waals surface area (Å²) in [5, 5.41) is 4.95. The van der Waals surface area contributed by atoms with Crippen molar-refractivity contribution in [2.24, 2.45) is 0 Å². The number of benzene rings is 6. The van der Waals surface area contributed by atoms with E-state index in [1.54, 1.807) is 0 Å². The lowest BCUT2D eigenvalue weighted by atomic mass is 10.0. The molecule has 1 unspecified atom stereocenters. The summed E-state index contributed by atoms with van der Waals surface area (Å²) in [6.07, 6.45) is 19.2. The van der Waals surface area contributed by atoms with Crippen LogP contribution in [0.15, 0.2) is 194 Å². The van der Waals surface area contributed by atoms with E-state index in [2.05, 4.69) is 186 Å². The van der Waals surface area contributed by atoms with Gasteiger partial charge in [-0.2, -0.15) is 0 Å². The predicted molar refractivity (Wildman–Crippen MR) is 208 cm³/mol. The second-order valence-electron chi connectivity index (χ2n) is 12.1. The molecule has 7 rings (SSSR count). The fourth-order valence-electron chi connectivity index (χ4n) is 6.61. The lowest BCUT2D eigenvalue weighted by Crippen LogP contribution is -2.29. The highest BCUT2D eigenvalue weighted by atomic mass is 15.2. The highest BCUT2D eigenvalue weighted by molar-refractivity contribution is 5.89. The molecule has 0 heterocycles. The van der Waals surface area contributed by atoms with Crippen molar-refractivity contribution in [3.8, 4) is 11.1 Å². The molecule has 48 heavy (non-hydrogen) atoms. The van der Waals surface area contributed by atoms with Gasteiger partial charge in [0, 0.05) is 28.4 Å². The molecule has 0 bridgehead atoms. The molecule has 0 saturated carbocycles. The topological polar surface area (TPSA) is 6.48 Å². The molecule has 0 N–H and O–H groups in total. The van der Waals surface area contributed by atoms with Crippen molar-refractivity contribution in [1.82, 2.24) is 0 Å². The summed E-state index contributed by atoms with van der Waals surface area (Å²) in [5.41, 5.74) is 7.95. The van der Waals surface area contributed by atoms with Crippen LogP contribution in [0.2, 0.25) is 0 Å². The van der Waals surface area contributed by atoms with Crippen LogP contribution in [0.5, 0.6) is 0 Å². The van der Waals surface area contributed by atoms with E-state index in [9.17, 15) is 0 Å². The minimum atomic E-state index is 0.266. The van der Waals surface area contributed by atoms with Gasteiger partial charge >= 0.3 is 0 Å². The smallest absolute Gasteiger partial charge is 0.0528 e. The van der Waals surface area contributed by atoms with Crippen molar-refractivity contribution in [3.63, 3.8) is 0 Å². The maximum atomic E-state index is 4.16. The molecule has 1 aliphatic carbocycles. The van der Waals surface area contributed by atoms with E-state index in [-0.39, 0.29) is 6.04 Å². The molecule has 1 aliphatic rings. The van der Waals surface area contributed by atoms with Gasteiger partial charge < -0.3 is 9.80 Å². The van der Waals surface area contributed by atoms with Gasteiger partial charge in [-0.1, -0.05) is 128 Å². The van der Waals surface area contributed by atoms with Gasteiger partial charge in [-0.25, -0.2) is 0 Å². The zero-order valence-corrected chi connectivity index (χ0v) is 27.4. The van der Waals surface area contributed by atoms with Crippen molar-refractivity contribution < 1.29 is 0 Å². The Kier molecular flexibility index (Phi) is 9.15. The fraction of sp³-hybridized carbons (Fsp3) is 0.0870. The third kappa shape index (κ3) is 6.52. The lowest BCUT2D eigenvalue weighted by molar-refractivity contribution is 0.714. The summed E-state index contributed by atoms with van der Waals surface area (Å²) in [7, 11) is 0. The van der Waals surface area contributed by atoms with Gasteiger partial charge in [0.2, 0.25) is 0 Å². The van der Waals surface area contributed by atoms with Crippen molar-refractivity contribution >= 4 is 44.3 Å². The second kappa shape index (κ2) is 14.3. The summed E-state index contributed by atoms with van der Waals surface area (Å²) in [5.74, 6) is 0. The average molecular weight is 621 g/mol. The Bertz CT molecular complexity index is 2160. The van der Waals surface area contributed by atoms with Crippen LogP contribution < -0.4 is 9.80 Å². The molecule has 0 aromatic heterocycles. The van der Waals surface area contributed by atoms with Crippen molar-refractivity contribution in [2.45, 2.75) is 25.8 Å². The van der Waals surface area contributed by atoms with Gasteiger partial charge in [0.1, 0.15) is 0 Å². The monoisotopic (exact) mass is 620 g/mol. The number of fused-ring (bicyclic) bond motifs is 2. The Morgan fingerprint density at radius 2 is 1.19 bits per heavy atom. The number of hydrogen-bond donors (Lipinski definition) is 0. The molecule has 0 spiro atoms. The minimum absolute atomic E-state index is 0.266. The van der Waals surface area contributed by atoms with Gasteiger partial charge in [0.05, 0.1) is 6.04 Å². The Labute approximate surface area is 284 Å². The van der Waals surface area contributed by atoms with Gasteiger partial charge in [0.15, 0.2) is 0 Å². The summed E-state index contributed by atoms with van der Waals surface area (Å²) < 4.78 is 0. The molecule has 2 nitrogen and oxygen atoms in total. The van der Waals surface area contributed by atoms with Crippen LogP contribution in [0, 0.1) is 0 Å². The number of allylic oxidation sites excluding steroid dienone is 7. The Morgan fingerprint density at radius 3 is 1.81 bits per heavy atom. The number of anilines is 4. The molecule has 0 radical (unpaired) electrons. The van der Waals surface area contributed by atoms with E-state index >= 15 is 0 Å². The van der Waals surface area contributed by atoms with Crippen LogP contribution in [0.25, 0.3) is 32.7 Å². The van der Waals surface area contributed by atoms with Crippen molar-refractivity contribution in [2.75, 3.05) is 9.80 Å². The van der Waals surface area contributed by atoms with Gasteiger partial charge in [-0.3, -0.25) is 0 Å². The summed E-state index contributed by atoms with van der Waals surface area (Å²) in [6, 6.07) is 48.6. The molecule has 0 saturated heterocycles. The molecule has 0 amide bonds. The van der Waals surface area contributed by atoms with Crippen molar-refractivity contribution in [3.05, 3.63) is 194 Å². The van der Waals surface area contributed by atoms with E-state index < -0.39 is 0 Å². The highest BCUT2D eigenvalue weighted by Gasteiger charge is 2.20. The van der Waals surface area contributed by atoms with Gasteiger partial charge in [-0.05, 0) is 113 Å². The van der Waals surface area contributed by atoms with Crippen LogP contribution in [0.4, 0.5) is 22.7 Å². The maximum absolute atomic E-state index is 4.16. The van der Waals surface area contributed by atoms with E-state index in [1.165, 1.54) is 44.0 Å². The number of rotatable bonds is 9. The van der Waals surface area contributed by atoms with Gasteiger partial charge in [0.25, 0.3) is 0 Å². The molecule has 234 valence electrons. The van der Waals surface area contributed by atoms with Crippen LogP contribution in [-0.4, -0.2) is 6.04 Å².